The van der Waals surface area contributed by atoms with Gasteiger partial charge in [0.05, 0.1) is 6.61 Å². The highest BCUT2D eigenvalue weighted by atomic mass is 32.2. The number of halogens is 2. The third kappa shape index (κ3) is 4.53. The molecule has 1 aromatic carbocycles. The summed E-state index contributed by atoms with van der Waals surface area (Å²) in [7, 11) is -2.72. The summed E-state index contributed by atoms with van der Waals surface area (Å²) < 4.78 is 54.6. The smallest absolute Gasteiger partial charge is 0.235 e. The Labute approximate surface area is 115 Å². The topological polar surface area (TPSA) is 72.5 Å². The van der Waals surface area contributed by atoms with E-state index in [0.717, 1.165) is 12.1 Å². The largest absolute Gasteiger partial charge is 0.383 e. The van der Waals surface area contributed by atoms with E-state index in [1.165, 1.54) is 7.11 Å². The fraction of sp³-hybridized carbons (Fsp3) is 0.417. The van der Waals surface area contributed by atoms with Crippen molar-refractivity contribution in [3.05, 3.63) is 29.8 Å². The van der Waals surface area contributed by atoms with E-state index < -0.39 is 38.0 Å². The van der Waals surface area contributed by atoms with Gasteiger partial charge in [0.1, 0.15) is 22.3 Å². The Kier molecular flexibility index (Phi) is 5.58. The Balaban J connectivity index is 2.82. The number of amides is 1. The Morgan fingerprint density at radius 2 is 2.05 bits per heavy atom. The molecular weight excluding hydrogens is 292 g/mol. The third-order valence-electron chi connectivity index (χ3n) is 2.37. The molecule has 0 saturated carbocycles. The zero-order chi connectivity index (χ0) is 15.3. The van der Waals surface area contributed by atoms with Gasteiger partial charge in [-0.05, 0) is 19.1 Å². The molecule has 0 aliphatic rings. The van der Waals surface area contributed by atoms with E-state index >= 15 is 0 Å². The van der Waals surface area contributed by atoms with Crippen LogP contribution in [0.1, 0.15) is 6.92 Å². The minimum Gasteiger partial charge on any atom is -0.383 e. The van der Waals surface area contributed by atoms with Crippen LogP contribution in [0.15, 0.2) is 23.1 Å². The second kappa shape index (κ2) is 6.76. The Morgan fingerprint density at radius 3 is 2.60 bits per heavy atom. The maximum atomic E-state index is 13.4. The van der Waals surface area contributed by atoms with Gasteiger partial charge in [-0.25, -0.2) is 17.2 Å². The molecule has 0 aliphatic heterocycles. The number of rotatable bonds is 6. The molecule has 0 heterocycles. The fourth-order valence-electron chi connectivity index (χ4n) is 1.59. The molecule has 0 spiro atoms. The van der Waals surface area contributed by atoms with Crippen LogP contribution in [0.25, 0.3) is 0 Å². The molecule has 0 aliphatic carbocycles. The van der Waals surface area contributed by atoms with Gasteiger partial charge in [-0.1, -0.05) is 0 Å². The summed E-state index contributed by atoms with van der Waals surface area (Å²) in [6, 6.07) is 1.70. The first kappa shape index (κ1) is 16.5. The van der Waals surface area contributed by atoms with E-state index in [0.29, 0.717) is 6.07 Å². The minimum atomic E-state index is -4.16. The molecule has 1 atom stereocenters. The number of ether oxygens (including phenoxy) is 1. The third-order valence-corrected chi connectivity index (χ3v) is 4.02. The number of sulfone groups is 1. The van der Waals surface area contributed by atoms with Gasteiger partial charge in [0, 0.05) is 19.2 Å². The molecule has 1 N–H and O–H groups in total. The van der Waals surface area contributed by atoms with Crippen LogP contribution in [-0.4, -0.2) is 39.8 Å². The number of carbonyl (C=O) groups excluding carboxylic acids is 1. The molecule has 1 rings (SSSR count). The van der Waals surface area contributed by atoms with Gasteiger partial charge in [-0.15, -0.1) is 0 Å². The van der Waals surface area contributed by atoms with Crippen molar-refractivity contribution in [2.45, 2.75) is 17.9 Å². The van der Waals surface area contributed by atoms with Crippen molar-refractivity contribution < 1.29 is 26.7 Å². The average molecular weight is 307 g/mol. The lowest BCUT2D eigenvalue weighted by atomic mass is 10.3. The van der Waals surface area contributed by atoms with E-state index in [2.05, 4.69) is 5.32 Å². The predicted molar refractivity (Wildman–Crippen MR) is 67.9 cm³/mol. The number of carbonyl (C=O) groups is 1. The zero-order valence-corrected chi connectivity index (χ0v) is 11.8. The van der Waals surface area contributed by atoms with Crippen LogP contribution in [0.4, 0.5) is 8.78 Å². The van der Waals surface area contributed by atoms with E-state index in [9.17, 15) is 22.0 Å². The van der Waals surface area contributed by atoms with Gasteiger partial charge in [0.15, 0.2) is 9.84 Å². The summed E-state index contributed by atoms with van der Waals surface area (Å²) in [4.78, 5) is 10.9. The van der Waals surface area contributed by atoms with E-state index in [4.69, 9.17) is 4.74 Å². The fourth-order valence-corrected chi connectivity index (χ4v) is 2.80. The number of hydrogen-bond acceptors (Lipinski definition) is 4. The van der Waals surface area contributed by atoms with Crippen LogP contribution in [0.5, 0.6) is 0 Å². The first-order chi connectivity index (χ1) is 9.26. The SMILES string of the molecule is COC[C@H](C)NC(=O)CS(=O)(=O)c1ccc(F)cc1F. The van der Waals surface area contributed by atoms with Crippen molar-refractivity contribution in [1.29, 1.82) is 0 Å². The first-order valence-corrected chi connectivity index (χ1v) is 7.37. The number of hydrogen-bond donors (Lipinski definition) is 1. The average Bonchev–Trinajstić information content (AvgIpc) is 2.26. The summed E-state index contributed by atoms with van der Waals surface area (Å²) in [5.41, 5.74) is 0. The predicted octanol–water partition coefficient (Wildman–Crippen LogP) is 0.890. The van der Waals surface area contributed by atoms with Gasteiger partial charge in [0.2, 0.25) is 5.91 Å². The highest BCUT2D eigenvalue weighted by Gasteiger charge is 2.23. The second-order valence-electron chi connectivity index (χ2n) is 4.26. The lowest BCUT2D eigenvalue weighted by Gasteiger charge is -2.13. The molecule has 0 saturated heterocycles. The van der Waals surface area contributed by atoms with Crippen molar-refractivity contribution in [3.63, 3.8) is 0 Å². The van der Waals surface area contributed by atoms with Crippen LogP contribution < -0.4 is 5.32 Å². The van der Waals surface area contributed by atoms with Crippen LogP contribution >= 0.6 is 0 Å². The highest BCUT2D eigenvalue weighted by molar-refractivity contribution is 7.92. The number of nitrogens with one attached hydrogen (secondary N) is 1. The maximum absolute atomic E-state index is 13.4. The molecular formula is C12H15F2NO4S. The molecule has 0 unspecified atom stereocenters. The molecule has 0 aromatic heterocycles. The van der Waals surface area contributed by atoms with Gasteiger partial charge in [-0.2, -0.15) is 0 Å². The summed E-state index contributed by atoms with van der Waals surface area (Å²) in [5.74, 6) is -3.80. The highest BCUT2D eigenvalue weighted by Crippen LogP contribution is 2.16. The minimum absolute atomic E-state index is 0.219. The molecule has 5 nitrogen and oxygen atoms in total. The van der Waals surface area contributed by atoms with E-state index in [1.807, 2.05) is 0 Å². The van der Waals surface area contributed by atoms with Crippen molar-refractivity contribution in [1.82, 2.24) is 5.32 Å². The van der Waals surface area contributed by atoms with Gasteiger partial charge in [0.25, 0.3) is 0 Å². The molecule has 1 aromatic rings. The molecule has 0 bridgehead atoms. The normalized spacial score (nSPS) is 13.0. The van der Waals surface area contributed by atoms with Crippen molar-refractivity contribution in [2.24, 2.45) is 0 Å². The standard InChI is InChI=1S/C12H15F2NO4S/c1-8(6-19-2)15-12(16)7-20(17,18)11-4-3-9(13)5-10(11)14/h3-5,8H,6-7H2,1-2H3,(H,15,16)/t8-/m0/s1. The van der Waals surface area contributed by atoms with E-state index in [1.54, 1.807) is 6.92 Å². The molecule has 8 heteroatoms. The number of benzene rings is 1. The molecule has 0 fully saturated rings. The first-order valence-electron chi connectivity index (χ1n) is 5.72. The van der Waals surface area contributed by atoms with Crippen molar-refractivity contribution in [2.75, 3.05) is 19.5 Å². The lowest BCUT2D eigenvalue weighted by Crippen LogP contribution is -2.39. The van der Waals surface area contributed by atoms with Gasteiger partial charge in [-0.3, -0.25) is 4.79 Å². The Hall–Kier alpha value is -1.54. The van der Waals surface area contributed by atoms with Crippen LogP contribution in [0.2, 0.25) is 0 Å². The van der Waals surface area contributed by atoms with Crippen LogP contribution in [0, 0.1) is 11.6 Å². The molecule has 112 valence electrons. The number of methoxy groups -OCH3 is 1. The summed E-state index contributed by atoms with van der Waals surface area (Å²) in [6.07, 6.45) is 0. The lowest BCUT2D eigenvalue weighted by molar-refractivity contribution is -0.119. The van der Waals surface area contributed by atoms with E-state index in [-0.39, 0.29) is 12.6 Å². The van der Waals surface area contributed by atoms with Crippen LogP contribution in [0.3, 0.4) is 0 Å². The molecule has 20 heavy (non-hydrogen) atoms. The summed E-state index contributed by atoms with van der Waals surface area (Å²) >= 11 is 0. The monoisotopic (exact) mass is 307 g/mol. The summed E-state index contributed by atoms with van der Waals surface area (Å²) in [6.45, 7) is 1.85. The van der Waals surface area contributed by atoms with Crippen molar-refractivity contribution in [3.8, 4) is 0 Å². The Morgan fingerprint density at radius 1 is 1.40 bits per heavy atom. The second-order valence-corrected chi connectivity index (χ2v) is 6.22. The van der Waals surface area contributed by atoms with Gasteiger partial charge >= 0.3 is 0 Å². The van der Waals surface area contributed by atoms with Crippen molar-refractivity contribution >= 4 is 15.7 Å². The quantitative estimate of drug-likeness (QED) is 0.792. The zero-order valence-electron chi connectivity index (χ0n) is 11.0. The summed E-state index contributed by atoms with van der Waals surface area (Å²) in [5, 5.41) is 2.40. The maximum Gasteiger partial charge on any atom is 0.235 e. The van der Waals surface area contributed by atoms with Gasteiger partial charge < -0.3 is 10.1 Å². The molecule has 1 amide bonds. The Bertz CT molecular complexity index is 589. The van der Waals surface area contributed by atoms with Crippen LogP contribution in [-0.2, 0) is 19.4 Å². The molecule has 0 radical (unpaired) electrons.